The van der Waals surface area contributed by atoms with Crippen LogP contribution in [0.1, 0.15) is 57.3 Å². The van der Waals surface area contributed by atoms with Crippen LogP contribution in [-0.4, -0.2) is 42.7 Å². The number of rotatable bonds is 6. The third-order valence-corrected chi connectivity index (χ3v) is 11.6. The van der Waals surface area contributed by atoms with Gasteiger partial charge in [0.05, 0.1) is 30.1 Å². The SMILES string of the molecule is CC(C)(C)[Si](C)(C)OC[C@@H](c1ccccc1)N1[C@@H]2CCC[C@H]1C(c1ccccn1)=N2. The van der Waals surface area contributed by atoms with Gasteiger partial charge in [-0.3, -0.25) is 14.9 Å². The van der Waals surface area contributed by atoms with Crippen molar-refractivity contribution in [2.45, 2.75) is 76.4 Å². The van der Waals surface area contributed by atoms with Crippen LogP contribution in [0.25, 0.3) is 0 Å². The molecular weight excluding hydrogens is 386 g/mol. The molecule has 3 atom stereocenters. The van der Waals surface area contributed by atoms with Crippen molar-refractivity contribution in [1.29, 1.82) is 0 Å². The molecule has 4 nitrogen and oxygen atoms in total. The van der Waals surface area contributed by atoms with Gasteiger partial charge < -0.3 is 4.43 Å². The van der Waals surface area contributed by atoms with E-state index in [9.17, 15) is 0 Å². The first-order valence-corrected chi connectivity index (χ1v) is 14.1. The minimum atomic E-state index is -1.85. The highest BCUT2D eigenvalue weighted by Crippen LogP contribution is 2.42. The maximum absolute atomic E-state index is 6.76. The zero-order valence-corrected chi connectivity index (χ0v) is 20.0. The number of benzene rings is 1. The topological polar surface area (TPSA) is 37.7 Å². The van der Waals surface area contributed by atoms with Gasteiger partial charge in [0, 0.05) is 6.20 Å². The summed E-state index contributed by atoms with van der Waals surface area (Å²) in [5.41, 5.74) is 3.51. The second-order valence-electron chi connectivity index (χ2n) is 10.1. The van der Waals surface area contributed by atoms with Gasteiger partial charge in [0.2, 0.25) is 0 Å². The van der Waals surface area contributed by atoms with Crippen molar-refractivity contribution in [2.75, 3.05) is 6.61 Å². The van der Waals surface area contributed by atoms with E-state index < -0.39 is 8.32 Å². The molecule has 5 heteroatoms. The maximum atomic E-state index is 6.76. The minimum Gasteiger partial charge on any atom is -0.415 e. The Balaban J connectivity index is 1.65. The van der Waals surface area contributed by atoms with Crippen LogP contribution >= 0.6 is 0 Å². The summed E-state index contributed by atoms with van der Waals surface area (Å²) in [4.78, 5) is 12.4. The standard InChI is InChI=1S/C25H35N3OSi/c1-25(2,3)30(4,5)29-18-22(19-12-7-6-8-13-19)28-21-15-11-16-23(28)27-24(21)20-14-9-10-17-26-20/h6-10,12-14,17,21-23H,11,15-16,18H2,1-5H3/t21-,22-,23+/m0/s1. The Bertz CT molecular complexity index is 876. The fourth-order valence-corrected chi connectivity index (χ4v) is 5.37. The van der Waals surface area contributed by atoms with Crippen LogP contribution in [0.5, 0.6) is 0 Å². The molecule has 4 rings (SSSR count). The van der Waals surface area contributed by atoms with E-state index in [1.54, 1.807) is 0 Å². The number of nitrogens with zero attached hydrogens (tertiary/aromatic N) is 3. The summed E-state index contributed by atoms with van der Waals surface area (Å²) < 4.78 is 6.76. The zero-order chi connectivity index (χ0) is 21.4. The first-order valence-electron chi connectivity index (χ1n) is 11.2. The maximum Gasteiger partial charge on any atom is 0.192 e. The Morgan fingerprint density at radius 3 is 2.47 bits per heavy atom. The van der Waals surface area contributed by atoms with Crippen molar-refractivity contribution in [3.63, 3.8) is 0 Å². The summed E-state index contributed by atoms with van der Waals surface area (Å²) in [6.45, 7) is 12.3. The molecule has 0 spiro atoms. The highest BCUT2D eigenvalue weighted by Gasteiger charge is 2.45. The lowest BCUT2D eigenvalue weighted by atomic mass is 9.93. The van der Waals surface area contributed by atoms with Gasteiger partial charge in [-0.2, -0.15) is 0 Å². The lowest BCUT2D eigenvalue weighted by molar-refractivity contribution is 0.0563. The Hall–Kier alpha value is -1.82. The van der Waals surface area contributed by atoms with E-state index >= 15 is 0 Å². The molecule has 0 saturated carbocycles. The van der Waals surface area contributed by atoms with Crippen molar-refractivity contribution >= 4 is 14.0 Å². The molecule has 30 heavy (non-hydrogen) atoms. The van der Waals surface area contributed by atoms with E-state index in [0.29, 0.717) is 6.04 Å². The second kappa shape index (κ2) is 8.37. The molecule has 3 heterocycles. The number of pyridine rings is 1. The molecule has 1 fully saturated rings. The van der Waals surface area contributed by atoms with Crippen molar-refractivity contribution in [3.05, 3.63) is 66.0 Å². The molecule has 0 N–H and O–H groups in total. The fourth-order valence-electron chi connectivity index (χ4n) is 4.36. The number of fused-ring (bicyclic) bond motifs is 2. The summed E-state index contributed by atoms with van der Waals surface area (Å²) in [5, 5.41) is 0.199. The van der Waals surface area contributed by atoms with Crippen molar-refractivity contribution < 1.29 is 4.43 Å². The minimum absolute atomic E-state index is 0.199. The summed E-state index contributed by atoms with van der Waals surface area (Å²) in [6, 6.07) is 17.5. The molecule has 0 aliphatic carbocycles. The number of aromatic nitrogens is 1. The normalized spacial score (nSPS) is 23.3. The van der Waals surface area contributed by atoms with Gasteiger partial charge >= 0.3 is 0 Å². The third-order valence-electron chi connectivity index (χ3n) is 7.13. The molecule has 2 aliphatic heterocycles. The van der Waals surface area contributed by atoms with Crippen molar-refractivity contribution in [3.8, 4) is 0 Å². The predicted molar refractivity (Wildman–Crippen MR) is 126 cm³/mol. The predicted octanol–water partition coefficient (Wildman–Crippen LogP) is 5.83. The largest absolute Gasteiger partial charge is 0.415 e. The van der Waals surface area contributed by atoms with Crippen LogP contribution in [0, 0.1) is 0 Å². The van der Waals surface area contributed by atoms with E-state index in [1.165, 1.54) is 12.0 Å². The molecule has 1 aromatic heterocycles. The summed E-state index contributed by atoms with van der Waals surface area (Å²) >= 11 is 0. The fraction of sp³-hybridized carbons (Fsp3) is 0.520. The van der Waals surface area contributed by atoms with Crippen LogP contribution < -0.4 is 0 Å². The zero-order valence-electron chi connectivity index (χ0n) is 19.0. The van der Waals surface area contributed by atoms with Crippen LogP contribution in [-0.2, 0) is 4.43 Å². The summed E-state index contributed by atoms with van der Waals surface area (Å²) in [7, 11) is -1.85. The lowest BCUT2D eigenvalue weighted by Gasteiger charge is -2.43. The summed E-state index contributed by atoms with van der Waals surface area (Å²) in [5.74, 6) is 0. The second-order valence-corrected chi connectivity index (χ2v) is 14.9. The molecular formula is C25H35N3OSi. The molecule has 2 bridgehead atoms. The monoisotopic (exact) mass is 421 g/mol. The Kier molecular flexibility index (Phi) is 5.97. The van der Waals surface area contributed by atoms with Gasteiger partial charge in [-0.15, -0.1) is 0 Å². The van der Waals surface area contributed by atoms with Crippen molar-refractivity contribution in [2.24, 2.45) is 4.99 Å². The Labute approximate surface area is 182 Å². The van der Waals surface area contributed by atoms with Gasteiger partial charge in [-0.1, -0.05) is 57.2 Å². The van der Waals surface area contributed by atoms with Crippen LogP contribution in [0.4, 0.5) is 0 Å². The number of hydrogen-bond acceptors (Lipinski definition) is 4. The van der Waals surface area contributed by atoms with Crippen LogP contribution in [0.3, 0.4) is 0 Å². The number of hydrogen-bond donors (Lipinski definition) is 0. The van der Waals surface area contributed by atoms with Crippen molar-refractivity contribution in [1.82, 2.24) is 9.88 Å². The highest BCUT2D eigenvalue weighted by molar-refractivity contribution is 6.74. The average Bonchev–Trinajstić information content (AvgIpc) is 2.93. The van der Waals surface area contributed by atoms with E-state index in [2.05, 4.69) is 86.2 Å². The molecule has 2 aromatic rings. The van der Waals surface area contributed by atoms with Gasteiger partial charge in [0.25, 0.3) is 0 Å². The molecule has 160 valence electrons. The summed E-state index contributed by atoms with van der Waals surface area (Å²) in [6.07, 6.45) is 5.55. The van der Waals surface area contributed by atoms with Gasteiger partial charge in [-0.25, -0.2) is 0 Å². The Morgan fingerprint density at radius 1 is 1.07 bits per heavy atom. The van der Waals surface area contributed by atoms with E-state index in [0.717, 1.165) is 30.9 Å². The Morgan fingerprint density at radius 2 is 1.80 bits per heavy atom. The lowest BCUT2D eigenvalue weighted by Crippen LogP contribution is -2.49. The number of aliphatic imine (C=N–C) groups is 1. The smallest absolute Gasteiger partial charge is 0.192 e. The molecule has 0 unspecified atom stereocenters. The first-order chi connectivity index (χ1) is 14.3. The third kappa shape index (κ3) is 4.16. The molecule has 1 saturated heterocycles. The van der Waals surface area contributed by atoms with E-state index in [4.69, 9.17) is 9.42 Å². The molecule has 2 aliphatic rings. The first kappa shape index (κ1) is 21.4. The molecule has 1 aromatic carbocycles. The average molecular weight is 422 g/mol. The highest BCUT2D eigenvalue weighted by atomic mass is 28.4. The molecule has 0 amide bonds. The van der Waals surface area contributed by atoms with E-state index in [1.807, 2.05) is 12.3 Å². The van der Waals surface area contributed by atoms with Gasteiger partial charge in [0.1, 0.15) is 6.17 Å². The van der Waals surface area contributed by atoms with Crippen LogP contribution in [0.15, 0.2) is 59.7 Å². The van der Waals surface area contributed by atoms with Gasteiger partial charge in [0.15, 0.2) is 8.32 Å². The van der Waals surface area contributed by atoms with E-state index in [-0.39, 0.29) is 17.2 Å². The molecule has 0 radical (unpaired) electrons. The quantitative estimate of drug-likeness (QED) is 0.551. The number of piperidine rings is 1. The van der Waals surface area contributed by atoms with Crippen LogP contribution in [0.2, 0.25) is 18.1 Å². The van der Waals surface area contributed by atoms with Gasteiger partial charge in [-0.05, 0) is 55.1 Å².